The number of carbonyl (C=O) groups excluding carboxylic acids is 2. The summed E-state index contributed by atoms with van der Waals surface area (Å²) in [7, 11) is 0. The highest BCUT2D eigenvalue weighted by Gasteiger charge is 2.42. The molecule has 7 nitrogen and oxygen atoms in total. The van der Waals surface area contributed by atoms with E-state index in [-0.39, 0.29) is 23.9 Å². The first-order valence-corrected chi connectivity index (χ1v) is 9.54. The van der Waals surface area contributed by atoms with Gasteiger partial charge in [0.05, 0.1) is 11.3 Å². The number of amides is 2. The number of para-hydroxylation sites is 1. The average Bonchev–Trinajstić information content (AvgIpc) is 2.70. The number of benzene rings is 2. The van der Waals surface area contributed by atoms with Crippen LogP contribution in [-0.4, -0.2) is 41.6 Å². The van der Waals surface area contributed by atoms with Crippen LogP contribution in [0.15, 0.2) is 42.5 Å². The zero-order valence-corrected chi connectivity index (χ0v) is 16.3. The molecule has 0 fully saturated rings. The Bertz CT molecular complexity index is 1010. The molecule has 4 rings (SSSR count). The van der Waals surface area contributed by atoms with Gasteiger partial charge in [-0.15, -0.1) is 0 Å². The molecule has 2 heterocycles. The van der Waals surface area contributed by atoms with Crippen molar-refractivity contribution in [2.45, 2.75) is 32.3 Å². The molecule has 0 saturated carbocycles. The van der Waals surface area contributed by atoms with Crippen molar-refractivity contribution in [2.75, 3.05) is 22.9 Å². The van der Waals surface area contributed by atoms with Crippen LogP contribution in [-0.2, 0) is 16.0 Å². The second kappa shape index (κ2) is 6.92. The van der Waals surface area contributed by atoms with E-state index in [1.807, 2.05) is 24.3 Å². The maximum absolute atomic E-state index is 13.2. The summed E-state index contributed by atoms with van der Waals surface area (Å²) in [6.07, 6.45) is 1.76. The van der Waals surface area contributed by atoms with E-state index >= 15 is 0 Å². The zero-order chi connectivity index (χ0) is 20.8. The fourth-order valence-corrected chi connectivity index (χ4v) is 3.87. The minimum atomic E-state index is -1.15. The molecule has 150 valence electrons. The van der Waals surface area contributed by atoms with Gasteiger partial charge in [0, 0.05) is 12.2 Å². The van der Waals surface area contributed by atoms with Gasteiger partial charge in [0.1, 0.15) is 12.3 Å². The number of carboxylic acid groups (broad SMARTS) is 1. The smallest absolute Gasteiger partial charge is 0.335 e. The molecule has 2 amide bonds. The zero-order valence-electron chi connectivity index (χ0n) is 16.3. The van der Waals surface area contributed by atoms with Crippen molar-refractivity contribution >= 4 is 29.2 Å². The molecule has 1 N–H and O–H groups in total. The summed E-state index contributed by atoms with van der Waals surface area (Å²) in [5, 5.41) is 9.32. The maximum atomic E-state index is 13.2. The lowest BCUT2D eigenvalue weighted by molar-refractivity contribution is -0.134. The van der Waals surface area contributed by atoms with Crippen LogP contribution in [0.25, 0.3) is 0 Å². The number of carboxylic acids is 1. The number of rotatable bonds is 3. The average molecular weight is 394 g/mol. The molecule has 0 aromatic heterocycles. The fourth-order valence-electron chi connectivity index (χ4n) is 3.87. The first kappa shape index (κ1) is 19.0. The van der Waals surface area contributed by atoms with Crippen molar-refractivity contribution in [3.05, 3.63) is 53.6 Å². The normalized spacial score (nSPS) is 17.2. The van der Waals surface area contributed by atoms with Crippen LogP contribution in [0.3, 0.4) is 0 Å². The number of aryl methyl sites for hydroxylation is 1. The van der Waals surface area contributed by atoms with Gasteiger partial charge < -0.3 is 14.7 Å². The predicted octanol–water partition coefficient (Wildman–Crippen LogP) is 2.87. The van der Waals surface area contributed by atoms with Crippen molar-refractivity contribution in [1.82, 2.24) is 0 Å². The summed E-state index contributed by atoms with van der Waals surface area (Å²) >= 11 is 0. The van der Waals surface area contributed by atoms with Gasteiger partial charge >= 0.3 is 5.97 Å². The van der Waals surface area contributed by atoms with Gasteiger partial charge in [0.25, 0.3) is 5.91 Å². The Balaban J connectivity index is 1.69. The van der Waals surface area contributed by atoms with Gasteiger partial charge in [-0.3, -0.25) is 14.5 Å². The van der Waals surface area contributed by atoms with E-state index in [1.54, 1.807) is 18.7 Å². The molecule has 0 spiro atoms. The molecule has 0 bridgehead atoms. The molecular weight excluding hydrogens is 372 g/mol. The lowest BCUT2D eigenvalue weighted by Gasteiger charge is -2.39. The van der Waals surface area contributed by atoms with E-state index in [4.69, 9.17) is 4.74 Å². The van der Waals surface area contributed by atoms with Gasteiger partial charge in [-0.25, -0.2) is 4.79 Å². The third-order valence-corrected chi connectivity index (χ3v) is 5.33. The molecule has 2 aromatic carbocycles. The minimum Gasteiger partial charge on any atom is -0.478 e. The maximum Gasteiger partial charge on any atom is 0.335 e. The molecule has 0 saturated heterocycles. The number of hydrogen-bond acceptors (Lipinski definition) is 4. The summed E-state index contributed by atoms with van der Waals surface area (Å²) in [4.78, 5) is 40.7. The second-order valence-corrected chi connectivity index (χ2v) is 7.77. The molecule has 0 radical (unpaired) electrons. The standard InChI is InChI=1S/C22H22N2O5/c1-22(2)21(28)24(17-12-15(20(26)27)9-10-18(17)29-22)13-19(25)23-11-5-7-14-6-3-4-8-16(14)23/h3-4,6,8-10,12H,5,7,11,13H2,1-2H3,(H,26,27). The molecular formula is C22H22N2O5. The summed E-state index contributed by atoms with van der Waals surface area (Å²) < 4.78 is 5.77. The molecule has 7 heteroatoms. The van der Waals surface area contributed by atoms with E-state index in [0.29, 0.717) is 18.0 Å². The van der Waals surface area contributed by atoms with E-state index in [9.17, 15) is 19.5 Å². The molecule has 29 heavy (non-hydrogen) atoms. The van der Waals surface area contributed by atoms with Gasteiger partial charge in [-0.1, -0.05) is 18.2 Å². The van der Waals surface area contributed by atoms with Gasteiger partial charge in [-0.05, 0) is 56.5 Å². The van der Waals surface area contributed by atoms with Crippen LogP contribution in [0, 0.1) is 0 Å². The Morgan fingerprint density at radius 1 is 1.14 bits per heavy atom. The Labute approximate surface area is 168 Å². The summed E-state index contributed by atoms with van der Waals surface area (Å²) in [5.74, 6) is -1.33. The number of ether oxygens (including phenoxy) is 1. The molecule has 0 aliphatic carbocycles. The Morgan fingerprint density at radius 2 is 1.90 bits per heavy atom. The van der Waals surface area contributed by atoms with E-state index in [2.05, 4.69) is 0 Å². The highest BCUT2D eigenvalue weighted by Crippen LogP contribution is 2.38. The van der Waals surface area contributed by atoms with E-state index in [0.717, 1.165) is 24.1 Å². The van der Waals surface area contributed by atoms with Crippen molar-refractivity contribution in [1.29, 1.82) is 0 Å². The Kier molecular flexibility index (Phi) is 4.53. The predicted molar refractivity (Wildman–Crippen MR) is 108 cm³/mol. The van der Waals surface area contributed by atoms with Crippen molar-refractivity contribution in [3.63, 3.8) is 0 Å². The van der Waals surface area contributed by atoms with E-state index in [1.165, 1.54) is 23.1 Å². The Morgan fingerprint density at radius 3 is 2.66 bits per heavy atom. The lowest BCUT2D eigenvalue weighted by Crippen LogP contribution is -2.55. The van der Waals surface area contributed by atoms with Crippen LogP contribution in [0.5, 0.6) is 5.75 Å². The first-order valence-electron chi connectivity index (χ1n) is 9.54. The lowest BCUT2D eigenvalue weighted by atomic mass is 10.0. The number of nitrogens with zero attached hydrogens (tertiary/aromatic N) is 2. The molecule has 2 aliphatic rings. The second-order valence-electron chi connectivity index (χ2n) is 7.77. The van der Waals surface area contributed by atoms with Crippen LogP contribution in [0.1, 0.15) is 36.2 Å². The third-order valence-electron chi connectivity index (χ3n) is 5.33. The number of anilines is 2. The minimum absolute atomic E-state index is 0.0284. The monoisotopic (exact) mass is 394 g/mol. The van der Waals surface area contributed by atoms with Gasteiger partial charge in [-0.2, -0.15) is 0 Å². The third kappa shape index (κ3) is 3.33. The largest absolute Gasteiger partial charge is 0.478 e. The van der Waals surface area contributed by atoms with Gasteiger partial charge in [0.2, 0.25) is 5.91 Å². The molecule has 0 unspecified atom stereocenters. The SMILES string of the molecule is CC1(C)Oc2ccc(C(=O)O)cc2N(CC(=O)N2CCCc3ccccc32)C1=O. The number of carbonyl (C=O) groups is 3. The molecule has 2 aromatic rings. The van der Waals surface area contributed by atoms with Crippen molar-refractivity contribution < 1.29 is 24.2 Å². The highest BCUT2D eigenvalue weighted by molar-refractivity contribution is 6.09. The number of aromatic carboxylic acids is 1. The van der Waals surface area contributed by atoms with Crippen LogP contribution >= 0.6 is 0 Å². The van der Waals surface area contributed by atoms with Crippen molar-refractivity contribution in [2.24, 2.45) is 0 Å². The molecule has 0 atom stereocenters. The number of hydrogen-bond donors (Lipinski definition) is 1. The Hall–Kier alpha value is -3.35. The van der Waals surface area contributed by atoms with Crippen molar-refractivity contribution in [3.8, 4) is 5.75 Å². The van der Waals surface area contributed by atoms with Crippen LogP contribution in [0.4, 0.5) is 11.4 Å². The van der Waals surface area contributed by atoms with Gasteiger partial charge in [0.15, 0.2) is 5.60 Å². The summed E-state index contributed by atoms with van der Waals surface area (Å²) in [6.45, 7) is 3.67. The first-order chi connectivity index (χ1) is 13.8. The van der Waals surface area contributed by atoms with E-state index < -0.39 is 11.6 Å². The van der Waals surface area contributed by atoms with Crippen LogP contribution in [0.2, 0.25) is 0 Å². The van der Waals surface area contributed by atoms with Crippen LogP contribution < -0.4 is 14.5 Å². The quantitative estimate of drug-likeness (QED) is 0.865. The summed E-state index contributed by atoms with van der Waals surface area (Å²) in [6, 6.07) is 12.1. The topological polar surface area (TPSA) is 87.2 Å². The highest BCUT2D eigenvalue weighted by atomic mass is 16.5. The molecule has 2 aliphatic heterocycles. The fraction of sp³-hybridized carbons (Fsp3) is 0.318. The summed E-state index contributed by atoms with van der Waals surface area (Å²) in [5.41, 5.74) is 1.14. The number of fused-ring (bicyclic) bond motifs is 2.